The molecule has 1 saturated carbocycles. The van der Waals surface area contributed by atoms with Crippen LogP contribution in [0.2, 0.25) is 0 Å². The number of nitrogens with zero attached hydrogens (tertiary/aromatic N) is 3. The maximum atomic E-state index is 11.9. The molecular formula is C12H18N4O4. The van der Waals surface area contributed by atoms with E-state index in [0.717, 1.165) is 25.7 Å². The number of aliphatic hydroxyl groups is 1. The highest BCUT2D eigenvalue weighted by Crippen LogP contribution is 2.18. The third-order valence-corrected chi connectivity index (χ3v) is 3.45. The maximum Gasteiger partial charge on any atom is 0.389 e. The number of amides is 1. The first-order valence-corrected chi connectivity index (χ1v) is 6.71. The van der Waals surface area contributed by atoms with E-state index < -0.39 is 11.0 Å². The lowest BCUT2D eigenvalue weighted by molar-refractivity contribution is -0.389. The number of aliphatic hydroxyl groups excluding tert-OH is 1. The Labute approximate surface area is 115 Å². The summed E-state index contributed by atoms with van der Waals surface area (Å²) in [7, 11) is 0. The predicted molar refractivity (Wildman–Crippen MR) is 69.9 cm³/mol. The van der Waals surface area contributed by atoms with E-state index in [2.05, 4.69) is 10.4 Å². The molecule has 110 valence electrons. The summed E-state index contributed by atoms with van der Waals surface area (Å²) in [5, 5.41) is 26.9. The molecular weight excluding hydrogens is 264 g/mol. The Morgan fingerprint density at radius 1 is 1.50 bits per heavy atom. The molecule has 0 aromatic carbocycles. The maximum absolute atomic E-state index is 11.9. The molecule has 2 unspecified atom stereocenters. The average Bonchev–Trinajstić information content (AvgIpc) is 2.76. The Balaban J connectivity index is 1.89. The Bertz CT molecular complexity index is 488. The van der Waals surface area contributed by atoms with Gasteiger partial charge in [0, 0.05) is 0 Å². The molecule has 0 bridgehead atoms. The van der Waals surface area contributed by atoms with Gasteiger partial charge in [-0.3, -0.25) is 4.79 Å². The standard InChI is InChI=1S/C12H18N4O4/c17-10-5-3-1-2-4-9(10)13-12(18)8-15-7-6-11(14-15)16(19)20/h6-7,9-10,17H,1-5,8H2,(H,13,18). The van der Waals surface area contributed by atoms with Crippen molar-refractivity contribution in [3.63, 3.8) is 0 Å². The summed E-state index contributed by atoms with van der Waals surface area (Å²) >= 11 is 0. The molecule has 1 aromatic heterocycles. The molecule has 0 radical (unpaired) electrons. The van der Waals surface area contributed by atoms with Gasteiger partial charge < -0.3 is 20.5 Å². The minimum Gasteiger partial charge on any atom is -0.391 e. The van der Waals surface area contributed by atoms with E-state index >= 15 is 0 Å². The Kier molecular flexibility index (Phi) is 4.67. The number of rotatable bonds is 4. The first-order chi connectivity index (χ1) is 9.56. The minimum absolute atomic E-state index is 0.0863. The fraction of sp³-hybridized carbons (Fsp3) is 0.667. The molecule has 0 aliphatic heterocycles. The van der Waals surface area contributed by atoms with Crippen LogP contribution in [0.5, 0.6) is 0 Å². The quantitative estimate of drug-likeness (QED) is 0.477. The normalized spacial score (nSPS) is 23.1. The van der Waals surface area contributed by atoms with Crippen molar-refractivity contribution >= 4 is 11.7 Å². The number of nitrogens with one attached hydrogen (secondary N) is 1. The van der Waals surface area contributed by atoms with E-state index in [0.29, 0.717) is 6.42 Å². The molecule has 1 aromatic rings. The van der Waals surface area contributed by atoms with E-state index in [4.69, 9.17) is 0 Å². The third-order valence-electron chi connectivity index (χ3n) is 3.45. The highest BCUT2D eigenvalue weighted by Gasteiger charge is 2.23. The lowest BCUT2D eigenvalue weighted by atomic mass is 10.1. The Hall–Kier alpha value is -1.96. The molecule has 8 nitrogen and oxygen atoms in total. The summed E-state index contributed by atoms with van der Waals surface area (Å²) in [6, 6.07) is 1.00. The van der Waals surface area contributed by atoms with Gasteiger partial charge in [-0.2, -0.15) is 4.68 Å². The second kappa shape index (κ2) is 6.47. The van der Waals surface area contributed by atoms with Crippen molar-refractivity contribution in [3.8, 4) is 0 Å². The van der Waals surface area contributed by atoms with E-state index in [1.807, 2.05) is 0 Å². The largest absolute Gasteiger partial charge is 0.391 e. The summed E-state index contributed by atoms with van der Waals surface area (Å²) in [5.41, 5.74) is 0. The van der Waals surface area contributed by atoms with Crippen LogP contribution in [0.25, 0.3) is 0 Å². The highest BCUT2D eigenvalue weighted by atomic mass is 16.6. The van der Waals surface area contributed by atoms with Crippen molar-refractivity contribution in [2.75, 3.05) is 0 Å². The molecule has 1 fully saturated rings. The van der Waals surface area contributed by atoms with Crippen LogP contribution in [-0.4, -0.2) is 37.9 Å². The smallest absolute Gasteiger partial charge is 0.389 e. The van der Waals surface area contributed by atoms with Crippen LogP contribution in [-0.2, 0) is 11.3 Å². The molecule has 20 heavy (non-hydrogen) atoms. The van der Waals surface area contributed by atoms with Crippen LogP contribution in [0.3, 0.4) is 0 Å². The number of aromatic nitrogens is 2. The topological polar surface area (TPSA) is 110 Å². The number of carbonyl (C=O) groups is 1. The van der Waals surface area contributed by atoms with Crippen molar-refractivity contribution < 1.29 is 14.8 Å². The van der Waals surface area contributed by atoms with Crippen LogP contribution in [0.15, 0.2) is 12.3 Å². The SMILES string of the molecule is O=C(Cn1ccc([N+](=O)[O-])n1)NC1CCCCCC1O. The van der Waals surface area contributed by atoms with Crippen LogP contribution in [0.4, 0.5) is 5.82 Å². The van der Waals surface area contributed by atoms with Gasteiger partial charge in [-0.05, 0) is 17.8 Å². The Morgan fingerprint density at radius 3 is 2.95 bits per heavy atom. The molecule has 2 atom stereocenters. The molecule has 0 saturated heterocycles. The average molecular weight is 282 g/mol. The van der Waals surface area contributed by atoms with E-state index in [1.54, 1.807) is 0 Å². The van der Waals surface area contributed by atoms with Crippen LogP contribution in [0, 0.1) is 10.1 Å². The first-order valence-electron chi connectivity index (χ1n) is 6.71. The van der Waals surface area contributed by atoms with Crippen LogP contribution >= 0.6 is 0 Å². The fourth-order valence-corrected chi connectivity index (χ4v) is 2.39. The second-order valence-electron chi connectivity index (χ2n) is 5.01. The van der Waals surface area contributed by atoms with Gasteiger partial charge in [0.1, 0.15) is 6.54 Å². The zero-order valence-corrected chi connectivity index (χ0v) is 11.1. The highest BCUT2D eigenvalue weighted by molar-refractivity contribution is 5.76. The summed E-state index contributed by atoms with van der Waals surface area (Å²) in [4.78, 5) is 21.8. The number of hydrogen-bond donors (Lipinski definition) is 2. The van der Waals surface area contributed by atoms with Gasteiger partial charge >= 0.3 is 5.82 Å². The van der Waals surface area contributed by atoms with E-state index in [9.17, 15) is 20.0 Å². The molecule has 1 heterocycles. The van der Waals surface area contributed by atoms with Crippen LogP contribution < -0.4 is 5.32 Å². The molecule has 0 spiro atoms. The summed E-state index contributed by atoms with van der Waals surface area (Å²) < 4.78 is 1.22. The van der Waals surface area contributed by atoms with Gasteiger partial charge in [0.25, 0.3) is 0 Å². The summed E-state index contributed by atoms with van der Waals surface area (Å²) in [6.07, 6.45) is 5.34. The minimum atomic E-state index is -0.608. The summed E-state index contributed by atoms with van der Waals surface area (Å²) in [6.45, 7) is -0.0863. The summed E-state index contributed by atoms with van der Waals surface area (Å²) in [5.74, 6) is -0.582. The van der Waals surface area contributed by atoms with Crippen molar-refractivity contribution in [3.05, 3.63) is 22.4 Å². The molecule has 1 amide bonds. The van der Waals surface area contributed by atoms with Crippen LogP contribution in [0.1, 0.15) is 32.1 Å². The molecule has 8 heteroatoms. The number of carbonyl (C=O) groups excluding carboxylic acids is 1. The predicted octanol–water partition coefficient (Wildman–Crippen LogP) is 0.601. The molecule has 1 aliphatic rings. The van der Waals surface area contributed by atoms with Crippen molar-refractivity contribution in [1.29, 1.82) is 0 Å². The van der Waals surface area contributed by atoms with Gasteiger partial charge in [0.15, 0.2) is 0 Å². The van der Waals surface area contributed by atoms with Gasteiger partial charge in [0.05, 0.1) is 29.5 Å². The van der Waals surface area contributed by atoms with Gasteiger partial charge in [-0.25, -0.2) is 0 Å². The lowest BCUT2D eigenvalue weighted by Crippen LogP contribution is -2.44. The van der Waals surface area contributed by atoms with Gasteiger partial charge in [-0.15, -0.1) is 0 Å². The van der Waals surface area contributed by atoms with E-state index in [1.165, 1.54) is 16.9 Å². The number of hydrogen-bond acceptors (Lipinski definition) is 5. The van der Waals surface area contributed by atoms with Crippen molar-refractivity contribution in [1.82, 2.24) is 15.1 Å². The van der Waals surface area contributed by atoms with Crippen molar-refractivity contribution in [2.45, 2.75) is 50.8 Å². The first kappa shape index (κ1) is 14.4. The Morgan fingerprint density at radius 2 is 2.25 bits per heavy atom. The molecule has 2 rings (SSSR count). The number of nitro groups is 1. The van der Waals surface area contributed by atoms with Crippen molar-refractivity contribution in [2.24, 2.45) is 0 Å². The second-order valence-corrected chi connectivity index (χ2v) is 5.01. The lowest BCUT2D eigenvalue weighted by Gasteiger charge is -2.21. The molecule has 2 N–H and O–H groups in total. The van der Waals surface area contributed by atoms with Gasteiger partial charge in [0.2, 0.25) is 5.91 Å². The zero-order chi connectivity index (χ0) is 14.5. The van der Waals surface area contributed by atoms with E-state index in [-0.39, 0.29) is 24.3 Å². The van der Waals surface area contributed by atoms with Gasteiger partial charge in [-0.1, -0.05) is 19.3 Å². The monoisotopic (exact) mass is 282 g/mol. The zero-order valence-electron chi connectivity index (χ0n) is 11.1. The third kappa shape index (κ3) is 3.77. The molecule has 1 aliphatic carbocycles. The fourth-order valence-electron chi connectivity index (χ4n) is 2.39.